The summed E-state index contributed by atoms with van der Waals surface area (Å²) in [7, 11) is 0. The number of piperidine rings is 1. The van der Waals surface area contributed by atoms with Gasteiger partial charge in [0.2, 0.25) is 0 Å². The number of carbonyl (C=O) groups excluding carboxylic acids is 1. The minimum atomic E-state index is -0.0890. The van der Waals surface area contributed by atoms with Crippen LogP contribution in [-0.4, -0.2) is 48.1 Å². The van der Waals surface area contributed by atoms with Crippen molar-refractivity contribution in [3.63, 3.8) is 0 Å². The second-order valence-corrected chi connectivity index (χ2v) is 7.80. The molecule has 3 rings (SSSR count). The fourth-order valence-corrected chi connectivity index (χ4v) is 4.70. The molecule has 5 heteroatoms. The van der Waals surface area contributed by atoms with Crippen LogP contribution in [0, 0.1) is 12.8 Å². The summed E-state index contributed by atoms with van der Waals surface area (Å²) >= 11 is 2.09. The van der Waals surface area contributed by atoms with Crippen molar-refractivity contribution < 1.29 is 4.79 Å². The molecule has 2 aliphatic rings. The number of benzene rings is 1. The van der Waals surface area contributed by atoms with Crippen molar-refractivity contribution in [3.05, 3.63) is 29.8 Å². The Morgan fingerprint density at radius 2 is 2.04 bits per heavy atom. The highest BCUT2D eigenvalue weighted by atomic mass is 32.2. The van der Waals surface area contributed by atoms with E-state index in [1.165, 1.54) is 43.9 Å². The number of rotatable bonds is 4. The zero-order chi connectivity index (χ0) is 16.1. The SMILES string of the molecule is Cc1ccccc1NC(=O)NCC1CCN([C@@H]2CCSC2)CC1. The van der Waals surface area contributed by atoms with Gasteiger partial charge in [-0.3, -0.25) is 4.90 Å². The highest BCUT2D eigenvalue weighted by Gasteiger charge is 2.27. The third-order valence-electron chi connectivity index (χ3n) is 5.02. The zero-order valence-electron chi connectivity index (χ0n) is 13.9. The molecule has 4 nitrogen and oxygen atoms in total. The second kappa shape index (κ2) is 8.06. The van der Waals surface area contributed by atoms with Crippen LogP contribution in [0.25, 0.3) is 0 Å². The monoisotopic (exact) mass is 333 g/mol. The van der Waals surface area contributed by atoms with Crippen LogP contribution in [0.2, 0.25) is 0 Å². The van der Waals surface area contributed by atoms with E-state index in [0.717, 1.165) is 23.8 Å². The molecule has 2 amide bonds. The van der Waals surface area contributed by atoms with Crippen LogP contribution in [0.4, 0.5) is 10.5 Å². The molecule has 0 spiro atoms. The van der Waals surface area contributed by atoms with Crippen molar-refractivity contribution in [2.24, 2.45) is 5.92 Å². The molecule has 0 unspecified atom stereocenters. The van der Waals surface area contributed by atoms with Crippen LogP contribution in [0.1, 0.15) is 24.8 Å². The topological polar surface area (TPSA) is 44.4 Å². The first kappa shape index (κ1) is 16.7. The Labute approximate surface area is 143 Å². The van der Waals surface area contributed by atoms with Gasteiger partial charge in [0.15, 0.2) is 0 Å². The van der Waals surface area contributed by atoms with E-state index in [9.17, 15) is 4.79 Å². The lowest BCUT2D eigenvalue weighted by molar-refractivity contribution is 0.143. The smallest absolute Gasteiger partial charge is 0.319 e. The molecule has 126 valence electrons. The number of urea groups is 1. The Morgan fingerprint density at radius 3 is 2.74 bits per heavy atom. The van der Waals surface area contributed by atoms with Gasteiger partial charge in [-0.05, 0) is 62.6 Å². The number of amides is 2. The second-order valence-electron chi connectivity index (χ2n) is 6.65. The van der Waals surface area contributed by atoms with Gasteiger partial charge in [0.1, 0.15) is 0 Å². The number of aryl methyl sites for hydroxylation is 1. The normalized spacial score (nSPS) is 22.9. The van der Waals surface area contributed by atoms with E-state index < -0.39 is 0 Å². The standard InChI is InChI=1S/C18H27N3OS/c1-14-4-2-3-5-17(14)20-18(22)19-12-15-6-9-21(10-7-15)16-8-11-23-13-16/h2-5,15-16H,6-13H2,1H3,(H2,19,20,22)/t16-/m1/s1. The predicted octanol–water partition coefficient (Wildman–Crippen LogP) is 3.33. The summed E-state index contributed by atoms with van der Waals surface area (Å²) < 4.78 is 0. The van der Waals surface area contributed by atoms with Gasteiger partial charge in [0.05, 0.1) is 0 Å². The number of nitrogens with one attached hydrogen (secondary N) is 2. The zero-order valence-corrected chi connectivity index (χ0v) is 14.7. The molecular formula is C18H27N3OS. The molecule has 2 saturated heterocycles. The molecule has 2 aliphatic heterocycles. The summed E-state index contributed by atoms with van der Waals surface area (Å²) in [6, 6.07) is 8.58. The minimum Gasteiger partial charge on any atom is -0.338 e. The van der Waals surface area contributed by atoms with Crippen molar-refractivity contribution in [2.75, 3.05) is 36.5 Å². The van der Waals surface area contributed by atoms with Crippen molar-refractivity contribution in [1.82, 2.24) is 10.2 Å². The van der Waals surface area contributed by atoms with Gasteiger partial charge in [-0.2, -0.15) is 11.8 Å². The van der Waals surface area contributed by atoms with Crippen LogP contribution >= 0.6 is 11.8 Å². The molecule has 1 aromatic carbocycles. The van der Waals surface area contributed by atoms with Crippen molar-refractivity contribution in [2.45, 2.75) is 32.2 Å². The van der Waals surface area contributed by atoms with Crippen LogP contribution in [0.3, 0.4) is 0 Å². The van der Waals surface area contributed by atoms with Gasteiger partial charge in [0, 0.05) is 24.0 Å². The van der Waals surface area contributed by atoms with E-state index >= 15 is 0 Å². The first-order valence-electron chi connectivity index (χ1n) is 8.64. The molecule has 0 aromatic heterocycles. The number of nitrogens with zero attached hydrogens (tertiary/aromatic N) is 1. The number of hydrogen-bond acceptors (Lipinski definition) is 3. The average Bonchev–Trinajstić information content (AvgIpc) is 3.10. The maximum atomic E-state index is 12.0. The summed E-state index contributed by atoms with van der Waals surface area (Å²) in [6.45, 7) is 5.17. The minimum absolute atomic E-state index is 0.0890. The van der Waals surface area contributed by atoms with Gasteiger partial charge in [-0.25, -0.2) is 4.79 Å². The van der Waals surface area contributed by atoms with E-state index in [2.05, 4.69) is 27.3 Å². The summed E-state index contributed by atoms with van der Waals surface area (Å²) in [4.78, 5) is 14.7. The van der Waals surface area contributed by atoms with Gasteiger partial charge in [-0.1, -0.05) is 18.2 Å². The Morgan fingerprint density at radius 1 is 1.26 bits per heavy atom. The molecular weight excluding hydrogens is 306 g/mol. The number of para-hydroxylation sites is 1. The lowest BCUT2D eigenvalue weighted by Gasteiger charge is -2.35. The maximum absolute atomic E-state index is 12.0. The molecule has 1 aromatic rings. The van der Waals surface area contributed by atoms with E-state index in [1.54, 1.807) is 0 Å². The number of anilines is 1. The van der Waals surface area contributed by atoms with Gasteiger partial charge in [0.25, 0.3) is 0 Å². The van der Waals surface area contributed by atoms with E-state index in [4.69, 9.17) is 0 Å². The Kier molecular flexibility index (Phi) is 5.84. The van der Waals surface area contributed by atoms with Crippen LogP contribution in [0.5, 0.6) is 0 Å². The molecule has 2 fully saturated rings. The number of thioether (sulfide) groups is 1. The lowest BCUT2D eigenvalue weighted by Crippen LogP contribution is -2.44. The lowest BCUT2D eigenvalue weighted by atomic mass is 9.95. The largest absolute Gasteiger partial charge is 0.338 e. The predicted molar refractivity (Wildman–Crippen MR) is 98.2 cm³/mol. The number of carbonyl (C=O) groups is 1. The first-order valence-corrected chi connectivity index (χ1v) is 9.80. The van der Waals surface area contributed by atoms with Crippen LogP contribution in [0.15, 0.2) is 24.3 Å². The van der Waals surface area contributed by atoms with Crippen molar-refractivity contribution in [1.29, 1.82) is 0 Å². The molecule has 0 aliphatic carbocycles. The molecule has 2 N–H and O–H groups in total. The third-order valence-corrected chi connectivity index (χ3v) is 6.16. The van der Waals surface area contributed by atoms with Crippen molar-refractivity contribution in [3.8, 4) is 0 Å². The summed E-state index contributed by atoms with van der Waals surface area (Å²) in [5.74, 6) is 3.25. The average molecular weight is 334 g/mol. The molecule has 0 saturated carbocycles. The first-order chi connectivity index (χ1) is 11.2. The molecule has 0 radical (unpaired) electrons. The Hall–Kier alpha value is -1.20. The van der Waals surface area contributed by atoms with Crippen molar-refractivity contribution >= 4 is 23.5 Å². The molecule has 23 heavy (non-hydrogen) atoms. The maximum Gasteiger partial charge on any atom is 0.319 e. The summed E-state index contributed by atoms with van der Waals surface area (Å²) in [5, 5.41) is 5.98. The Bertz CT molecular complexity index is 523. The third kappa shape index (κ3) is 4.64. The highest BCUT2D eigenvalue weighted by Crippen LogP contribution is 2.26. The van der Waals surface area contributed by atoms with Crippen LogP contribution < -0.4 is 10.6 Å². The summed E-state index contributed by atoms with van der Waals surface area (Å²) in [5.41, 5.74) is 1.98. The fourth-order valence-electron chi connectivity index (χ4n) is 3.45. The van der Waals surface area contributed by atoms with E-state index in [0.29, 0.717) is 5.92 Å². The van der Waals surface area contributed by atoms with Gasteiger partial charge in [-0.15, -0.1) is 0 Å². The number of likely N-dealkylation sites (tertiary alicyclic amines) is 1. The van der Waals surface area contributed by atoms with E-state index in [-0.39, 0.29) is 6.03 Å². The quantitative estimate of drug-likeness (QED) is 0.888. The van der Waals surface area contributed by atoms with Crippen LogP contribution in [-0.2, 0) is 0 Å². The van der Waals surface area contributed by atoms with Gasteiger partial charge < -0.3 is 10.6 Å². The molecule has 0 bridgehead atoms. The molecule has 2 heterocycles. The fraction of sp³-hybridized carbons (Fsp3) is 0.611. The van der Waals surface area contributed by atoms with E-state index in [1.807, 2.05) is 31.2 Å². The highest BCUT2D eigenvalue weighted by molar-refractivity contribution is 7.99. The van der Waals surface area contributed by atoms with Gasteiger partial charge >= 0.3 is 6.03 Å². The summed E-state index contributed by atoms with van der Waals surface area (Å²) in [6.07, 6.45) is 3.75. The molecule has 1 atom stereocenters. The Balaban J connectivity index is 1.38. The number of hydrogen-bond donors (Lipinski definition) is 2.